The summed E-state index contributed by atoms with van der Waals surface area (Å²) >= 11 is 0. The van der Waals surface area contributed by atoms with Gasteiger partial charge < -0.3 is 5.32 Å². The van der Waals surface area contributed by atoms with Crippen LogP contribution >= 0.6 is 0 Å². The van der Waals surface area contributed by atoms with Crippen LogP contribution in [0.1, 0.15) is 56.9 Å². The first-order valence-electron chi connectivity index (χ1n) is 9.87. The van der Waals surface area contributed by atoms with Gasteiger partial charge in [0, 0.05) is 19.1 Å². The van der Waals surface area contributed by atoms with Crippen molar-refractivity contribution in [2.24, 2.45) is 5.92 Å². The van der Waals surface area contributed by atoms with E-state index in [1.807, 2.05) is 30.3 Å². The summed E-state index contributed by atoms with van der Waals surface area (Å²) in [5.74, 6) is -0.181. The monoisotopic (exact) mass is 378 g/mol. The van der Waals surface area contributed by atoms with E-state index in [0.717, 1.165) is 31.2 Å². The number of carbonyl (C=O) groups is 1. The third-order valence-corrected chi connectivity index (χ3v) is 7.36. The van der Waals surface area contributed by atoms with E-state index >= 15 is 0 Å². The first-order valence-corrected chi connectivity index (χ1v) is 11.5. The minimum Gasteiger partial charge on any atom is -0.353 e. The molecule has 1 heterocycles. The molecule has 0 aromatic heterocycles. The Morgan fingerprint density at radius 2 is 1.69 bits per heavy atom. The molecule has 3 rings (SSSR count). The van der Waals surface area contributed by atoms with Gasteiger partial charge in [-0.25, -0.2) is 12.7 Å². The maximum Gasteiger partial charge on any atom is 0.224 e. The highest BCUT2D eigenvalue weighted by Crippen LogP contribution is 2.23. The van der Waals surface area contributed by atoms with Gasteiger partial charge in [0.2, 0.25) is 15.9 Å². The van der Waals surface area contributed by atoms with Gasteiger partial charge in [0.1, 0.15) is 0 Å². The Kier molecular flexibility index (Phi) is 6.70. The Morgan fingerprint density at radius 1 is 1.00 bits per heavy atom. The van der Waals surface area contributed by atoms with Crippen LogP contribution in [0.4, 0.5) is 0 Å². The minimum absolute atomic E-state index is 0.00477. The molecule has 1 aliphatic heterocycles. The van der Waals surface area contributed by atoms with E-state index in [9.17, 15) is 13.2 Å². The molecule has 6 heteroatoms. The molecule has 2 fully saturated rings. The van der Waals surface area contributed by atoms with Gasteiger partial charge in [-0.15, -0.1) is 0 Å². The number of nitrogens with one attached hydrogen (secondary N) is 1. The molecule has 1 atom stereocenters. The molecule has 5 nitrogen and oxygen atoms in total. The fourth-order valence-electron chi connectivity index (χ4n) is 4.03. The smallest absolute Gasteiger partial charge is 0.224 e. The Balaban J connectivity index is 1.58. The summed E-state index contributed by atoms with van der Waals surface area (Å²) in [4.78, 5) is 12.7. The highest BCUT2D eigenvalue weighted by molar-refractivity contribution is 7.88. The lowest BCUT2D eigenvalue weighted by Gasteiger charge is -2.32. The van der Waals surface area contributed by atoms with Crippen LogP contribution in [0, 0.1) is 5.92 Å². The number of rotatable bonds is 5. The van der Waals surface area contributed by atoms with Crippen molar-refractivity contribution in [3.8, 4) is 0 Å². The van der Waals surface area contributed by atoms with E-state index in [2.05, 4.69) is 5.32 Å². The molecule has 1 saturated heterocycles. The molecule has 144 valence electrons. The second-order valence-electron chi connectivity index (χ2n) is 7.64. The number of sulfonamides is 1. The van der Waals surface area contributed by atoms with Gasteiger partial charge in [-0.2, -0.15) is 0 Å². The van der Waals surface area contributed by atoms with Gasteiger partial charge in [0.05, 0.1) is 11.7 Å². The van der Waals surface area contributed by atoms with E-state index in [4.69, 9.17) is 0 Å². The minimum atomic E-state index is -3.39. The Bertz CT molecular complexity index is 682. The summed E-state index contributed by atoms with van der Waals surface area (Å²) in [6, 6.07) is 9.51. The van der Waals surface area contributed by atoms with Crippen LogP contribution < -0.4 is 5.32 Å². The summed E-state index contributed by atoms with van der Waals surface area (Å²) in [5, 5.41) is 3.19. The highest BCUT2D eigenvalue weighted by atomic mass is 32.2. The normalized spacial score (nSPS) is 23.3. The summed E-state index contributed by atoms with van der Waals surface area (Å²) in [5.41, 5.74) is 0.789. The molecule has 1 saturated carbocycles. The van der Waals surface area contributed by atoms with Gasteiger partial charge in [-0.3, -0.25) is 4.79 Å². The van der Waals surface area contributed by atoms with E-state index in [-0.39, 0.29) is 23.6 Å². The fraction of sp³-hybridized carbons (Fsp3) is 0.650. The van der Waals surface area contributed by atoms with E-state index in [1.165, 1.54) is 30.0 Å². The van der Waals surface area contributed by atoms with Gasteiger partial charge >= 0.3 is 0 Å². The summed E-state index contributed by atoms with van der Waals surface area (Å²) in [6.45, 7) is 0.829. The first-order chi connectivity index (χ1) is 12.5. The van der Waals surface area contributed by atoms with Crippen molar-refractivity contribution >= 4 is 15.9 Å². The molecular formula is C20H30N2O3S. The van der Waals surface area contributed by atoms with Crippen LogP contribution in [-0.4, -0.2) is 37.8 Å². The van der Waals surface area contributed by atoms with Gasteiger partial charge in [0.15, 0.2) is 0 Å². The highest BCUT2D eigenvalue weighted by Gasteiger charge is 2.33. The van der Waals surface area contributed by atoms with Crippen LogP contribution in [0.5, 0.6) is 0 Å². The number of benzene rings is 1. The van der Waals surface area contributed by atoms with Gasteiger partial charge in [-0.1, -0.05) is 56.0 Å². The molecule has 1 amide bonds. The van der Waals surface area contributed by atoms with Crippen LogP contribution in [0.25, 0.3) is 0 Å². The van der Waals surface area contributed by atoms with E-state index in [1.54, 1.807) is 0 Å². The predicted octanol–water partition coefficient (Wildman–Crippen LogP) is 3.07. The van der Waals surface area contributed by atoms with Gasteiger partial charge in [0.25, 0.3) is 0 Å². The molecule has 1 aromatic carbocycles. The quantitative estimate of drug-likeness (QED) is 0.801. The first kappa shape index (κ1) is 19.4. The average molecular weight is 379 g/mol. The van der Waals surface area contributed by atoms with Gasteiger partial charge in [-0.05, 0) is 31.2 Å². The van der Waals surface area contributed by atoms with Crippen molar-refractivity contribution < 1.29 is 13.2 Å². The topological polar surface area (TPSA) is 66.5 Å². The maximum atomic E-state index is 12.8. The summed E-state index contributed by atoms with van der Waals surface area (Å²) in [6.07, 6.45) is 8.47. The van der Waals surface area contributed by atoms with Crippen molar-refractivity contribution in [2.45, 2.75) is 63.2 Å². The molecule has 0 bridgehead atoms. The van der Waals surface area contributed by atoms with Crippen LogP contribution in [-0.2, 0) is 20.6 Å². The molecule has 26 heavy (non-hydrogen) atoms. The van der Waals surface area contributed by atoms with Crippen molar-refractivity contribution in [3.63, 3.8) is 0 Å². The molecule has 2 aliphatic rings. The van der Waals surface area contributed by atoms with E-state index < -0.39 is 10.0 Å². The van der Waals surface area contributed by atoms with Crippen molar-refractivity contribution in [2.75, 3.05) is 13.1 Å². The second-order valence-corrected chi connectivity index (χ2v) is 9.60. The number of hydrogen-bond acceptors (Lipinski definition) is 3. The number of nitrogens with zero attached hydrogens (tertiary/aromatic N) is 1. The number of carbonyl (C=O) groups excluding carboxylic acids is 1. The lowest BCUT2D eigenvalue weighted by molar-refractivity contribution is -0.126. The third kappa shape index (κ3) is 5.30. The van der Waals surface area contributed by atoms with Crippen LogP contribution in [0.3, 0.4) is 0 Å². The standard InChI is InChI=1S/C20H30N2O3S/c23-20(21-19-12-6-1-2-7-13-19)18-11-8-14-22(15-18)26(24,25)16-17-9-4-3-5-10-17/h3-5,9-10,18-19H,1-2,6-8,11-16H2,(H,21,23)/t18-/m0/s1. The Morgan fingerprint density at radius 3 is 2.38 bits per heavy atom. The number of hydrogen-bond donors (Lipinski definition) is 1. The van der Waals surface area contributed by atoms with Crippen LogP contribution in [0.15, 0.2) is 30.3 Å². The SMILES string of the molecule is O=C(NC1CCCCCC1)[C@H]1CCCN(S(=O)(=O)Cc2ccccc2)C1. The zero-order valence-corrected chi connectivity index (χ0v) is 16.2. The zero-order chi connectivity index (χ0) is 18.4. The Labute approximate surface area is 157 Å². The second kappa shape index (κ2) is 9.00. The largest absolute Gasteiger partial charge is 0.353 e. The molecule has 0 unspecified atom stereocenters. The fourth-order valence-corrected chi connectivity index (χ4v) is 5.64. The number of amides is 1. The summed E-state index contributed by atoms with van der Waals surface area (Å²) < 4.78 is 27.0. The predicted molar refractivity (Wildman–Crippen MR) is 103 cm³/mol. The molecule has 1 aromatic rings. The zero-order valence-electron chi connectivity index (χ0n) is 15.4. The van der Waals surface area contributed by atoms with Crippen molar-refractivity contribution in [1.29, 1.82) is 0 Å². The summed E-state index contributed by atoms with van der Waals surface area (Å²) in [7, 11) is -3.39. The molecular weight excluding hydrogens is 348 g/mol. The maximum absolute atomic E-state index is 12.8. The molecule has 1 aliphatic carbocycles. The van der Waals surface area contributed by atoms with Crippen molar-refractivity contribution in [1.82, 2.24) is 9.62 Å². The lowest BCUT2D eigenvalue weighted by atomic mass is 9.97. The Hall–Kier alpha value is -1.40. The average Bonchev–Trinajstić information content (AvgIpc) is 2.91. The van der Waals surface area contributed by atoms with Crippen molar-refractivity contribution in [3.05, 3.63) is 35.9 Å². The third-order valence-electron chi connectivity index (χ3n) is 5.54. The number of piperidine rings is 1. The van der Waals surface area contributed by atoms with Crippen LogP contribution in [0.2, 0.25) is 0 Å². The molecule has 0 spiro atoms. The molecule has 0 radical (unpaired) electrons. The van der Waals surface area contributed by atoms with E-state index in [0.29, 0.717) is 13.1 Å². The lowest BCUT2D eigenvalue weighted by Crippen LogP contribution is -2.47. The molecule has 1 N–H and O–H groups in total.